The Morgan fingerprint density at radius 1 is 0.952 bits per heavy atom. The number of hydrogen-bond donors (Lipinski definition) is 3. The molecule has 0 aliphatic rings. The predicted octanol–water partition coefficient (Wildman–Crippen LogP) is 2.91. The third kappa shape index (κ3) is 3.39. The number of carbonyl (C=O) groups is 2. The zero-order valence-corrected chi connectivity index (χ0v) is 11.8. The number of anilines is 2. The molecular formula is C16H16N2O3. The summed E-state index contributed by atoms with van der Waals surface area (Å²) in [7, 11) is 0. The highest BCUT2D eigenvalue weighted by atomic mass is 16.3. The van der Waals surface area contributed by atoms with E-state index in [1.165, 1.54) is 19.1 Å². The Labute approximate surface area is 122 Å². The molecule has 0 unspecified atom stereocenters. The van der Waals surface area contributed by atoms with Gasteiger partial charge in [0.15, 0.2) is 0 Å². The molecule has 2 aromatic carbocycles. The number of aromatic hydroxyl groups is 1. The van der Waals surface area contributed by atoms with Gasteiger partial charge in [0.05, 0.1) is 5.56 Å². The minimum absolute atomic E-state index is 0.0781. The molecule has 108 valence electrons. The Kier molecular flexibility index (Phi) is 4.23. The summed E-state index contributed by atoms with van der Waals surface area (Å²) in [6, 6.07) is 11.5. The molecule has 0 fully saturated rings. The van der Waals surface area contributed by atoms with Gasteiger partial charge in [-0.15, -0.1) is 0 Å². The third-order valence-corrected chi connectivity index (χ3v) is 3.04. The molecule has 3 N–H and O–H groups in total. The number of amides is 2. The topological polar surface area (TPSA) is 78.4 Å². The Morgan fingerprint density at radius 2 is 1.57 bits per heavy atom. The van der Waals surface area contributed by atoms with Crippen LogP contribution >= 0.6 is 0 Å². The first-order valence-corrected chi connectivity index (χ1v) is 6.45. The molecule has 5 heteroatoms. The van der Waals surface area contributed by atoms with Crippen LogP contribution in [0.2, 0.25) is 0 Å². The number of carbonyl (C=O) groups excluding carboxylic acids is 2. The van der Waals surface area contributed by atoms with Crippen molar-refractivity contribution in [2.24, 2.45) is 0 Å². The minimum atomic E-state index is -0.406. The molecule has 0 aromatic heterocycles. The normalized spacial score (nSPS) is 10.0. The fourth-order valence-corrected chi connectivity index (χ4v) is 1.95. The number of phenols is 1. The number of rotatable bonds is 3. The molecule has 0 heterocycles. The Bertz CT molecular complexity index is 696. The summed E-state index contributed by atoms with van der Waals surface area (Å²) in [6.07, 6.45) is 0. The van der Waals surface area contributed by atoms with Crippen LogP contribution in [0.1, 0.15) is 22.8 Å². The lowest BCUT2D eigenvalue weighted by Crippen LogP contribution is -2.14. The molecule has 0 radical (unpaired) electrons. The van der Waals surface area contributed by atoms with Gasteiger partial charge in [0.25, 0.3) is 5.91 Å². The van der Waals surface area contributed by atoms with Gasteiger partial charge in [0.1, 0.15) is 5.75 Å². The molecular weight excluding hydrogens is 268 g/mol. The van der Waals surface area contributed by atoms with Crippen molar-refractivity contribution in [3.63, 3.8) is 0 Å². The Balaban J connectivity index is 2.26. The minimum Gasteiger partial charge on any atom is -0.507 e. The number of nitrogens with one attached hydrogen (secondary N) is 2. The van der Waals surface area contributed by atoms with Gasteiger partial charge < -0.3 is 15.7 Å². The van der Waals surface area contributed by atoms with Crippen molar-refractivity contribution in [3.8, 4) is 5.75 Å². The van der Waals surface area contributed by atoms with Gasteiger partial charge >= 0.3 is 0 Å². The summed E-state index contributed by atoms with van der Waals surface area (Å²) in [6.45, 7) is 3.22. The van der Waals surface area contributed by atoms with Gasteiger partial charge in [-0.1, -0.05) is 18.2 Å². The SMILES string of the molecule is CC(=O)Nc1cccc(NC(=O)c2ccccc2O)c1C. The van der Waals surface area contributed by atoms with Crippen molar-refractivity contribution in [2.45, 2.75) is 13.8 Å². The third-order valence-electron chi connectivity index (χ3n) is 3.04. The average Bonchev–Trinajstić information content (AvgIpc) is 2.43. The molecule has 2 aromatic rings. The van der Waals surface area contributed by atoms with Crippen molar-refractivity contribution in [2.75, 3.05) is 10.6 Å². The van der Waals surface area contributed by atoms with E-state index in [2.05, 4.69) is 10.6 Å². The lowest BCUT2D eigenvalue weighted by atomic mass is 10.1. The number of hydrogen-bond acceptors (Lipinski definition) is 3. The van der Waals surface area contributed by atoms with Crippen molar-refractivity contribution in [3.05, 3.63) is 53.6 Å². The van der Waals surface area contributed by atoms with Crippen LogP contribution in [-0.4, -0.2) is 16.9 Å². The Hall–Kier alpha value is -2.82. The van der Waals surface area contributed by atoms with E-state index >= 15 is 0 Å². The maximum absolute atomic E-state index is 12.2. The van der Waals surface area contributed by atoms with E-state index in [0.717, 1.165) is 5.56 Å². The molecule has 21 heavy (non-hydrogen) atoms. The lowest BCUT2D eigenvalue weighted by molar-refractivity contribution is -0.114. The molecule has 0 aliphatic carbocycles. The zero-order valence-electron chi connectivity index (χ0n) is 11.8. The van der Waals surface area contributed by atoms with Gasteiger partial charge in [-0.2, -0.15) is 0 Å². The van der Waals surface area contributed by atoms with Crippen LogP contribution in [0.3, 0.4) is 0 Å². The van der Waals surface area contributed by atoms with Gasteiger partial charge in [-0.25, -0.2) is 0 Å². The van der Waals surface area contributed by atoms with Crippen molar-refractivity contribution >= 4 is 23.2 Å². The summed E-state index contributed by atoms with van der Waals surface area (Å²) in [5.41, 5.74) is 2.16. The van der Waals surface area contributed by atoms with Crippen LogP contribution < -0.4 is 10.6 Å². The molecule has 0 saturated carbocycles. The van der Waals surface area contributed by atoms with E-state index in [9.17, 15) is 14.7 Å². The Morgan fingerprint density at radius 3 is 2.19 bits per heavy atom. The van der Waals surface area contributed by atoms with E-state index in [0.29, 0.717) is 11.4 Å². The molecule has 0 atom stereocenters. The average molecular weight is 284 g/mol. The summed E-state index contributed by atoms with van der Waals surface area (Å²) >= 11 is 0. The van der Waals surface area contributed by atoms with Gasteiger partial charge in [0, 0.05) is 18.3 Å². The van der Waals surface area contributed by atoms with E-state index in [1.807, 2.05) is 0 Å². The van der Waals surface area contributed by atoms with Crippen molar-refractivity contribution in [1.82, 2.24) is 0 Å². The van der Waals surface area contributed by atoms with Crippen LogP contribution in [-0.2, 0) is 4.79 Å². The van der Waals surface area contributed by atoms with Crippen LogP contribution in [0.4, 0.5) is 11.4 Å². The summed E-state index contributed by atoms with van der Waals surface area (Å²) < 4.78 is 0. The first-order chi connectivity index (χ1) is 9.99. The quantitative estimate of drug-likeness (QED) is 0.811. The van der Waals surface area contributed by atoms with E-state index in [1.54, 1.807) is 37.3 Å². The maximum Gasteiger partial charge on any atom is 0.259 e. The highest BCUT2D eigenvalue weighted by Gasteiger charge is 2.12. The highest BCUT2D eigenvalue weighted by molar-refractivity contribution is 6.07. The van der Waals surface area contributed by atoms with Crippen molar-refractivity contribution < 1.29 is 14.7 Å². The molecule has 5 nitrogen and oxygen atoms in total. The number of phenolic OH excluding ortho intramolecular Hbond substituents is 1. The van der Waals surface area contributed by atoms with Gasteiger partial charge in [-0.3, -0.25) is 9.59 Å². The zero-order chi connectivity index (χ0) is 15.4. The smallest absolute Gasteiger partial charge is 0.259 e. The first-order valence-electron chi connectivity index (χ1n) is 6.45. The van der Waals surface area contributed by atoms with Crippen LogP contribution in [0.15, 0.2) is 42.5 Å². The van der Waals surface area contributed by atoms with Crippen LogP contribution in [0.5, 0.6) is 5.75 Å². The number of benzene rings is 2. The second kappa shape index (κ2) is 6.09. The first kappa shape index (κ1) is 14.6. The van der Waals surface area contributed by atoms with Crippen LogP contribution in [0, 0.1) is 6.92 Å². The highest BCUT2D eigenvalue weighted by Crippen LogP contribution is 2.25. The van der Waals surface area contributed by atoms with Crippen molar-refractivity contribution in [1.29, 1.82) is 0 Å². The second-order valence-corrected chi connectivity index (χ2v) is 4.63. The van der Waals surface area contributed by atoms with Gasteiger partial charge in [0.2, 0.25) is 5.91 Å². The summed E-state index contributed by atoms with van der Waals surface area (Å²) in [5.74, 6) is -0.663. The van der Waals surface area contributed by atoms with Crippen LogP contribution in [0.25, 0.3) is 0 Å². The molecule has 2 rings (SSSR count). The fourth-order valence-electron chi connectivity index (χ4n) is 1.95. The monoisotopic (exact) mass is 284 g/mol. The lowest BCUT2D eigenvalue weighted by Gasteiger charge is -2.13. The van der Waals surface area contributed by atoms with E-state index < -0.39 is 5.91 Å². The fraction of sp³-hybridized carbons (Fsp3) is 0.125. The molecule has 2 amide bonds. The summed E-state index contributed by atoms with van der Waals surface area (Å²) in [4.78, 5) is 23.3. The van der Waals surface area contributed by atoms with Gasteiger partial charge in [-0.05, 0) is 36.8 Å². The standard InChI is InChI=1S/C16H16N2O3/c1-10-13(17-11(2)19)7-5-8-14(10)18-16(21)12-6-3-4-9-15(12)20/h3-9,20H,1-2H3,(H,17,19)(H,18,21). The predicted molar refractivity (Wildman–Crippen MR) is 81.5 cm³/mol. The number of para-hydroxylation sites is 1. The summed E-state index contributed by atoms with van der Waals surface area (Å²) in [5, 5.41) is 15.1. The maximum atomic E-state index is 12.2. The molecule has 0 spiro atoms. The molecule has 0 bridgehead atoms. The molecule has 0 saturated heterocycles. The van der Waals surface area contributed by atoms with E-state index in [4.69, 9.17) is 0 Å². The largest absolute Gasteiger partial charge is 0.507 e. The molecule has 0 aliphatic heterocycles. The van der Waals surface area contributed by atoms with E-state index in [-0.39, 0.29) is 17.2 Å². The second-order valence-electron chi connectivity index (χ2n) is 4.63.